The molecule has 1 fully saturated rings. The lowest BCUT2D eigenvalue weighted by Gasteiger charge is -2.33. The molecule has 0 radical (unpaired) electrons. The summed E-state index contributed by atoms with van der Waals surface area (Å²) in [6, 6.07) is 22.2. The van der Waals surface area contributed by atoms with Gasteiger partial charge in [0.25, 0.3) is 0 Å². The molecular formula is C68H85N13O13S2. The van der Waals surface area contributed by atoms with Crippen molar-refractivity contribution >= 4 is 97.4 Å². The number of hydrogen-bond donors (Lipinski definition) is 16. The average Bonchev–Trinajstić information content (AvgIpc) is 1.21. The van der Waals surface area contributed by atoms with E-state index in [1.807, 2.05) is 32.0 Å². The van der Waals surface area contributed by atoms with Crippen molar-refractivity contribution in [2.75, 3.05) is 30.4 Å². The summed E-state index contributed by atoms with van der Waals surface area (Å²) < 4.78 is 0. The fraction of sp³-hybridized carbons (Fsp3) is 0.382. The highest BCUT2D eigenvalue weighted by Gasteiger charge is 2.40. The molecule has 5 aromatic carbocycles. The van der Waals surface area contributed by atoms with Crippen LogP contribution in [0, 0.1) is 5.92 Å². The number of anilines is 1. The van der Waals surface area contributed by atoms with Crippen LogP contribution < -0.4 is 64.6 Å². The fourth-order valence-electron chi connectivity index (χ4n) is 11.1. The van der Waals surface area contributed by atoms with Crippen molar-refractivity contribution < 1.29 is 63.3 Å². The Hall–Kier alpha value is -9.64. The van der Waals surface area contributed by atoms with Crippen molar-refractivity contribution in [1.29, 1.82) is 0 Å². The molecule has 1 aromatic heterocycles. The quantitative estimate of drug-likeness (QED) is 0.0364. The lowest BCUT2D eigenvalue weighted by atomic mass is 9.81. The van der Waals surface area contributed by atoms with E-state index in [9.17, 15) is 44.1 Å². The summed E-state index contributed by atoms with van der Waals surface area (Å²) in [5, 5.41) is 59.8. The van der Waals surface area contributed by atoms with Gasteiger partial charge in [0.05, 0.1) is 6.10 Å². The number of primary amides is 1. The SMILES string of the molecule is CNc1ccc(C(C(C)C)[C@@H]2NC(=O)[C@H](Cc3ccccc3)NC(=O)[C@@H](NC(=O)[C@H](Cc3ccc(O)cc3)NC(N)=O)CSSC[C@@H](C(=O)O)NC(=O)[C@H](Cc3ccccc3)NC(=O)[C@H]([C@@H](C)O)NC(=O)[C@H](CCCCN)NC(=O)[C@@H](Cc3c[nH]c4ccccc34)NC2=O)cc1. The minimum Gasteiger partial charge on any atom is -0.508 e. The van der Waals surface area contributed by atoms with E-state index in [0.29, 0.717) is 45.1 Å². The molecule has 7 rings (SSSR count). The van der Waals surface area contributed by atoms with Crippen LogP contribution in [-0.2, 0) is 68.8 Å². The number of nitrogens with two attached hydrogens (primary N) is 2. The second kappa shape index (κ2) is 36.3. The van der Waals surface area contributed by atoms with Gasteiger partial charge >= 0.3 is 12.0 Å². The van der Waals surface area contributed by atoms with Crippen molar-refractivity contribution in [2.24, 2.45) is 17.4 Å². The van der Waals surface area contributed by atoms with Gasteiger partial charge in [0.1, 0.15) is 60.1 Å². The summed E-state index contributed by atoms with van der Waals surface area (Å²) in [5.74, 6) is -11.0. The largest absolute Gasteiger partial charge is 0.508 e. The van der Waals surface area contributed by atoms with Gasteiger partial charge in [0, 0.05) is 72.9 Å². The maximum atomic E-state index is 15.8. The molecule has 28 heteroatoms. The predicted molar refractivity (Wildman–Crippen MR) is 367 cm³/mol. The van der Waals surface area contributed by atoms with Crippen LogP contribution in [0.3, 0.4) is 0 Å². The number of benzene rings is 5. The monoisotopic (exact) mass is 1360 g/mol. The van der Waals surface area contributed by atoms with Crippen molar-refractivity contribution in [1.82, 2.24) is 52.8 Å². The van der Waals surface area contributed by atoms with E-state index in [0.717, 1.165) is 27.3 Å². The van der Waals surface area contributed by atoms with Crippen LogP contribution in [0.2, 0.25) is 0 Å². The second-order valence-electron chi connectivity index (χ2n) is 23.8. The molecule has 0 spiro atoms. The molecule has 1 saturated heterocycles. The molecule has 96 heavy (non-hydrogen) atoms. The Morgan fingerprint density at radius 3 is 1.71 bits per heavy atom. The Kier molecular flexibility index (Phi) is 27.9. The maximum Gasteiger partial charge on any atom is 0.327 e. The Morgan fingerprint density at radius 1 is 0.594 bits per heavy atom. The smallest absolute Gasteiger partial charge is 0.327 e. The molecule has 512 valence electrons. The van der Waals surface area contributed by atoms with Crippen LogP contribution in [0.4, 0.5) is 10.5 Å². The van der Waals surface area contributed by atoms with E-state index in [4.69, 9.17) is 11.5 Å². The van der Waals surface area contributed by atoms with E-state index in [1.165, 1.54) is 31.2 Å². The van der Waals surface area contributed by atoms with Gasteiger partial charge < -0.3 is 84.9 Å². The first kappa shape index (κ1) is 73.8. The minimum absolute atomic E-state index is 0.0526. The molecule has 1 aliphatic heterocycles. The summed E-state index contributed by atoms with van der Waals surface area (Å²) in [6.07, 6.45) is -0.0812. The number of carboxylic acid groups (broad SMARTS) is 1. The number of H-pyrrole nitrogens is 1. The number of unbranched alkanes of at least 4 members (excludes halogenated alkanes) is 1. The summed E-state index contributed by atoms with van der Waals surface area (Å²) in [4.78, 5) is 149. The molecule has 11 atom stereocenters. The highest BCUT2D eigenvalue weighted by Crippen LogP contribution is 2.31. The second-order valence-corrected chi connectivity index (χ2v) is 26.3. The average molecular weight is 1360 g/mol. The van der Waals surface area contributed by atoms with Crippen molar-refractivity contribution in [3.63, 3.8) is 0 Å². The number of phenols is 1. The number of fused-ring (bicyclic) bond motifs is 1. The Balaban J connectivity index is 1.36. The van der Waals surface area contributed by atoms with Crippen LogP contribution in [0.25, 0.3) is 10.9 Å². The van der Waals surface area contributed by atoms with Crippen molar-refractivity contribution in [2.45, 2.75) is 132 Å². The first-order valence-corrected chi connectivity index (χ1v) is 34.0. The van der Waals surface area contributed by atoms with E-state index >= 15 is 19.2 Å². The topological polar surface area (TPSA) is 420 Å². The van der Waals surface area contributed by atoms with Gasteiger partial charge in [-0.2, -0.15) is 0 Å². The highest BCUT2D eigenvalue weighted by atomic mass is 33.1. The number of rotatable bonds is 21. The van der Waals surface area contributed by atoms with Gasteiger partial charge in [-0.1, -0.05) is 139 Å². The van der Waals surface area contributed by atoms with E-state index in [2.05, 4.69) is 58.2 Å². The van der Waals surface area contributed by atoms with Crippen LogP contribution in [0.15, 0.2) is 140 Å². The Morgan fingerprint density at radius 2 is 1.12 bits per heavy atom. The predicted octanol–water partition coefficient (Wildman–Crippen LogP) is 2.53. The van der Waals surface area contributed by atoms with Gasteiger partial charge in [-0.15, -0.1) is 0 Å². The first-order chi connectivity index (χ1) is 46.0. The summed E-state index contributed by atoms with van der Waals surface area (Å²) in [5.41, 5.74) is 15.7. The fourth-order valence-corrected chi connectivity index (χ4v) is 13.4. The lowest BCUT2D eigenvalue weighted by Crippen LogP contribution is -2.63. The van der Waals surface area contributed by atoms with Crippen molar-refractivity contribution in [3.8, 4) is 5.75 Å². The maximum absolute atomic E-state index is 15.8. The molecule has 6 aromatic rings. The van der Waals surface area contributed by atoms with Crippen LogP contribution >= 0.6 is 21.6 Å². The molecule has 2 heterocycles. The number of carbonyl (C=O) groups is 10. The number of urea groups is 1. The van der Waals surface area contributed by atoms with Gasteiger partial charge in [-0.3, -0.25) is 38.4 Å². The number of aromatic hydroxyl groups is 1. The zero-order valence-electron chi connectivity index (χ0n) is 53.7. The van der Waals surface area contributed by atoms with Crippen LogP contribution in [-0.4, -0.2) is 165 Å². The summed E-state index contributed by atoms with van der Waals surface area (Å²) in [7, 11) is 3.52. The number of aliphatic carboxylic acids is 1. The summed E-state index contributed by atoms with van der Waals surface area (Å²) in [6.45, 7) is 5.13. The molecular weight excluding hydrogens is 1270 g/mol. The first-order valence-electron chi connectivity index (χ1n) is 31.5. The number of nitrogens with one attached hydrogen (secondary N) is 11. The van der Waals surface area contributed by atoms with Crippen LogP contribution in [0.1, 0.15) is 73.8 Å². The van der Waals surface area contributed by atoms with Gasteiger partial charge in [-0.25, -0.2) is 9.59 Å². The molecule has 10 amide bonds. The molecule has 1 aliphatic rings. The Labute approximate surface area is 564 Å². The van der Waals surface area contributed by atoms with E-state index in [1.54, 1.807) is 104 Å². The number of carboxylic acids is 1. The number of aromatic nitrogens is 1. The van der Waals surface area contributed by atoms with E-state index < -0.39 is 132 Å². The number of carbonyl (C=O) groups excluding carboxylic acids is 9. The highest BCUT2D eigenvalue weighted by molar-refractivity contribution is 8.76. The van der Waals surface area contributed by atoms with E-state index in [-0.39, 0.29) is 62.3 Å². The molecule has 18 N–H and O–H groups in total. The molecule has 0 aliphatic carbocycles. The van der Waals surface area contributed by atoms with Crippen LogP contribution in [0.5, 0.6) is 5.75 Å². The molecule has 0 saturated carbocycles. The van der Waals surface area contributed by atoms with Gasteiger partial charge in [0.2, 0.25) is 47.3 Å². The number of aliphatic hydroxyl groups excluding tert-OH is 1. The standard InChI is InChI=1S/C68H85N13O13S2/c1-38(2)56(43-24-26-45(71-4)27-25-43)58-66(91)76-53(34-44-35-72-48-20-12-11-19-47(44)48)62(87)73-49(21-13-14-30-69)59(84)80-57(39(3)82)65(90)75-50(31-40-15-7-5-8-16-40)60(85)78-55(67(92)93)37-96-95-36-54(64(89)74-51(63(88)81-58)32-41-17-9-6-10-18-41)77-61(86)52(79-68(70)94)33-42-22-28-46(83)29-23-42/h5-12,15-20,22-29,35,38-39,49-58,71-72,82-83H,13-14,21,30-34,36-37,69H2,1-4H3,(H,73,87)(H,74,89)(H,75,90)(H,76,91)(H,77,86)(H,78,85)(H,80,84)(H,81,88)(H,92,93)(H3,70,79,94)/t39-,49+,50+,51+,52+,53-,54+,55+,56?,57+,58+/m1/s1. The third-order valence-electron chi connectivity index (χ3n) is 16.3. The van der Waals surface area contributed by atoms with Crippen molar-refractivity contribution in [3.05, 3.63) is 167 Å². The zero-order chi connectivity index (χ0) is 69.4. The number of phenolic OH excluding ortho intramolecular Hbond substituents is 1. The zero-order valence-corrected chi connectivity index (χ0v) is 55.3. The number of amides is 10. The minimum atomic E-state index is -1.77. The number of hydrogen-bond acceptors (Lipinski definition) is 16. The molecule has 0 bridgehead atoms. The molecule has 1 unspecified atom stereocenters. The normalized spacial score (nSPS) is 21.7. The van der Waals surface area contributed by atoms with Gasteiger partial charge in [0.15, 0.2) is 0 Å². The Bertz CT molecular complexity index is 3620. The van der Waals surface area contributed by atoms with Gasteiger partial charge in [-0.05, 0) is 96.8 Å². The lowest BCUT2D eigenvalue weighted by molar-refractivity contribution is -0.141. The number of aliphatic hydroxyl groups is 1. The third kappa shape index (κ3) is 21.7. The number of aromatic amines is 1. The summed E-state index contributed by atoms with van der Waals surface area (Å²) >= 11 is 0. The number of para-hydroxylation sites is 1. The molecule has 26 nitrogen and oxygen atoms in total. The third-order valence-corrected chi connectivity index (χ3v) is 18.7.